The average Bonchev–Trinajstić information content (AvgIpc) is 2.45. The zero-order chi connectivity index (χ0) is 16.8. The molecule has 1 rings (SSSR count). The van der Waals surface area contributed by atoms with E-state index in [1.54, 1.807) is 0 Å². The quantitative estimate of drug-likeness (QED) is 0.447. The molecule has 2 nitrogen and oxygen atoms in total. The lowest BCUT2D eigenvalue weighted by Crippen LogP contribution is -2.37. The first kappa shape index (κ1) is 20.0. The van der Waals surface area contributed by atoms with Crippen LogP contribution < -0.4 is 0 Å². The molecule has 0 heterocycles. The van der Waals surface area contributed by atoms with Crippen LogP contribution in [0.15, 0.2) is 0 Å². The van der Waals surface area contributed by atoms with Gasteiger partial charge in [-0.25, -0.2) is 0 Å². The molecule has 0 aromatic rings. The molecule has 0 saturated heterocycles. The lowest BCUT2D eigenvalue weighted by molar-refractivity contribution is -0.0557. The monoisotopic (exact) mass is 308 g/mol. The zero-order valence-electron chi connectivity index (χ0n) is 15.7. The molecule has 3 heteroatoms. The highest BCUT2D eigenvalue weighted by Crippen LogP contribution is 2.38. The molecule has 5 unspecified atom stereocenters. The summed E-state index contributed by atoms with van der Waals surface area (Å²) in [5.74, 6) is 2.44. The van der Waals surface area contributed by atoms with Crippen molar-refractivity contribution >= 4 is 7.85 Å². The van der Waals surface area contributed by atoms with E-state index < -0.39 is 0 Å². The highest BCUT2D eigenvalue weighted by Gasteiger charge is 2.34. The maximum Gasteiger partial charge on any atom is 0.0778 e. The molecule has 1 aliphatic carbocycles. The second-order valence-corrected chi connectivity index (χ2v) is 8.16. The minimum absolute atomic E-state index is 0.303. The Morgan fingerprint density at radius 3 is 2.50 bits per heavy atom. The molecule has 0 N–H and O–H groups in total. The average molecular weight is 308 g/mol. The minimum Gasteiger partial charge on any atom is -0.381 e. The standard InChI is InChI=1S/C19H37BO2/c1-7-10-21-12-16(5)19(6,20)13-22-18-11-15(4)8-9-17(18)14(2)3/h14-18H,7-13H2,1-6H3. The Morgan fingerprint density at radius 1 is 1.23 bits per heavy atom. The van der Waals surface area contributed by atoms with E-state index in [2.05, 4.69) is 41.5 Å². The van der Waals surface area contributed by atoms with E-state index in [0.29, 0.717) is 30.5 Å². The predicted molar refractivity (Wildman–Crippen MR) is 95.5 cm³/mol. The first-order chi connectivity index (χ1) is 10.3. The molecule has 0 aromatic heterocycles. The second-order valence-electron chi connectivity index (χ2n) is 8.16. The fourth-order valence-corrected chi connectivity index (χ4v) is 3.33. The van der Waals surface area contributed by atoms with Crippen LogP contribution in [0.1, 0.15) is 67.2 Å². The van der Waals surface area contributed by atoms with Crippen LogP contribution >= 0.6 is 0 Å². The topological polar surface area (TPSA) is 18.5 Å². The van der Waals surface area contributed by atoms with Crippen LogP contribution in [0, 0.1) is 23.7 Å². The van der Waals surface area contributed by atoms with Gasteiger partial charge in [-0.05, 0) is 48.2 Å². The van der Waals surface area contributed by atoms with Gasteiger partial charge in [-0.15, -0.1) is 0 Å². The summed E-state index contributed by atoms with van der Waals surface area (Å²) < 4.78 is 12.0. The van der Waals surface area contributed by atoms with Gasteiger partial charge in [0.2, 0.25) is 0 Å². The second kappa shape index (κ2) is 9.32. The van der Waals surface area contributed by atoms with Crippen LogP contribution in [0.4, 0.5) is 0 Å². The van der Waals surface area contributed by atoms with Crippen molar-refractivity contribution < 1.29 is 9.47 Å². The van der Waals surface area contributed by atoms with Crippen molar-refractivity contribution in [3.8, 4) is 0 Å². The van der Waals surface area contributed by atoms with Crippen LogP contribution in [0.2, 0.25) is 5.31 Å². The van der Waals surface area contributed by atoms with Crippen LogP contribution in [0.5, 0.6) is 0 Å². The van der Waals surface area contributed by atoms with Gasteiger partial charge in [0, 0.05) is 19.8 Å². The molecule has 2 radical (unpaired) electrons. The van der Waals surface area contributed by atoms with Gasteiger partial charge in [-0.1, -0.05) is 48.0 Å². The third kappa shape index (κ3) is 6.24. The minimum atomic E-state index is -0.323. The lowest BCUT2D eigenvalue weighted by Gasteiger charge is -2.40. The third-order valence-corrected chi connectivity index (χ3v) is 5.41. The first-order valence-corrected chi connectivity index (χ1v) is 9.26. The Morgan fingerprint density at radius 2 is 1.91 bits per heavy atom. The predicted octanol–water partition coefficient (Wildman–Crippen LogP) is 4.87. The molecule has 0 amide bonds. The van der Waals surface area contributed by atoms with E-state index in [9.17, 15) is 0 Å². The summed E-state index contributed by atoms with van der Waals surface area (Å²) in [7, 11) is 6.51. The molecule has 1 aliphatic rings. The molecule has 1 fully saturated rings. The Kier molecular flexibility index (Phi) is 8.49. The van der Waals surface area contributed by atoms with Gasteiger partial charge < -0.3 is 9.47 Å². The summed E-state index contributed by atoms with van der Waals surface area (Å²) in [5, 5.41) is -0.323. The van der Waals surface area contributed by atoms with Gasteiger partial charge in [-0.3, -0.25) is 0 Å². The van der Waals surface area contributed by atoms with Gasteiger partial charge in [0.1, 0.15) is 0 Å². The first-order valence-electron chi connectivity index (χ1n) is 9.26. The lowest BCUT2D eigenvalue weighted by atomic mass is 9.63. The van der Waals surface area contributed by atoms with E-state index >= 15 is 0 Å². The molecular weight excluding hydrogens is 271 g/mol. The number of hydrogen-bond donors (Lipinski definition) is 0. The molecule has 0 bridgehead atoms. The Bertz CT molecular complexity index is 304. The van der Waals surface area contributed by atoms with Gasteiger partial charge in [0.25, 0.3) is 0 Å². The SMILES string of the molecule is [B]C(C)(COC1CC(C)CCC1C(C)C)C(C)COCCC. The van der Waals surface area contributed by atoms with Gasteiger partial charge in [0.15, 0.2) is 0 Å². The van der Waals surface area contributed by atoms with Crippen molar-refractivity contribution in [1.29, 1.82) is 0 Å². The van der Waals surface area contributed by atoms with Crippen molar-refractivity contribution in [2.45, 2.75) is 78.6 Å². The number of rotatable bonds is 9. The zero-order valence-corrected chi connectivity index (χ0v) is 15.7. The van der Waals surface area contributed by atoms with E-state index in [-0.39, 0.29) is 5.31 Å². The molecule has 22 heavy (non-hydrogen) atoms. The Labute approximate surface area is 140 Å². The summed E-state index contributed by atoms with van der Waals surface area (Å²) in [6.07, 6.45) is 5.24. The van der Waals surface area contributed by atoms with E-state index in [1.807, 2.05) is 0 Å². The van der Waals surface area contributed by atoms with E-state index in [4.69, 9.17) is 17.3 Å². The van der Waals surface area contributed by atoms with Crippen molar-refractivity contribution in [3.05, 3.63) is 0 Å². The highest BCUT2D eigenvalue weighted by molar-refractivity contribution is 6.15. The summed E-state index contributed by atoms with van der Waals surface area (Å²) in [6.45, 7) is 15.5. The maximum absolute atomic E-state index is 6.51. The van der Waals surface area contributed by atoms with Crippen molar-refractivity contribution in [1.82, 2.24) is 0 Å². The van der Waals surface area contributed by atoms with Gasteiger partial charge >= 0.3 is 0 Å². The van der Waals surface area contributed by atoms with E-state index in [1.165, 1.54) is 19.3 Å². The molecule has 1 saturated carbocycles. The van der Waals surface area contributed by atoms with Crippen LogP contribution in [-0.4, -0.2) is 33.8 Å². The summed E-state index contributed by atoms with van der Waals surface area (Å²) >= 11 is 0. The van der Waals surface area contributed by atoms with Crippen molar-refractivity contribution in [2.75, 3.05) is 19.8 Å². The molecule has 0 spiro atoms. The third-order valence-electron chi connectivity index (χ3n) is 5.41. The van der Waals surface area contributed by atoms with Crippen LogP contribution in [0.25, 0.3) is 0 Å². The Balaban J connectivity index is 2.49. The largest absolute Gasteiger partial charge is 0.381 e. The molecule has 5 atom stereocenters. The fourth-order valence-electron chi connectivity index (χ4n) is 3.33. The number of hydrogen-bond acceptors (Lipinski definition) is 2. The van der Waals surface area contributed by atoms with E-state index in [0.717, 1.165) is 25.6 Å². The number of ether oxygens (including phenoxy) is 2. The summed E-state index contributed by atoms with van der Waals surface area (Å²) in [5.41, 5.74) is 0. The molecule has 128 valence electrons. The highest BCUT2D eigenvalue weighted by atomic mass is 16.5. The summed E-state index contributed by atoms with van der Waals surface area (Å²) in [4.78, 5) is 0. The van der Waals surface area contributed by atoms with Gasteiger partial charge in [-0.2, -0.15) is 0 Å². The fraction of sp³-hybridized carbons (Fsp3) is 1.00. The molecular formula is C19H37BO2. The smallest absolute Gasteiger partial charge is 0.0778 e. The normalized spacial score (nSPS) is 30.2. The van der Waals surface area contributed by atoms with Crippen LogP contribution in [0.3, 0.4) is 0 Å². The summed E-state index contributed by atoms with van der Waals surface area (Å²) in [6, 6.07) is 0. The van der Waals surface area contributed by atoms with Gasteiger partial charge in [0.05, 0.1) is 14.0 Å². The van der Waals surface area contributed by atoms with Crippen molar-refractivity contribution in [2.24, 2.45) is 23.7 Å². The Hall–Kier alpha value is -0.0151. The van der Waals surface area contributed by atoms with Crippen LogP contribution in [-0.2, 0) is 9.47 Å². The molecule has 0 aromatic carbocycles. The molecule has 0 aliphatic heterocycles. The maximum atomic E-state index is 6.51. The van der Waals surface area contributed by atoms with Crippen molar-refractivity contribution in [3.63, 3.8) is 0 Å².